The van der Waals surface area contributed by atoms with E-state index >= 15 is 0 Å². The highest BCUT2D eigenvalue weighted by Crippen LogP contribution is 2.16. The summed E-state index contributed by atoms with van der Waals surface area (Å²) in [5.74, 6) is 0.597. The molecule has 2 N–H and O–H groups in total. The predicted molar refractivity (Wildman–Crippen MR) is 95.2 cm³/mol. The first kappa shape index (κ1) is 18.1. The van der Waals surface area contributed by atoms with E-state index in [1.165, 1.54) is 0 Å². The summed E-state index contributed by atoms with van der Waals surface area (Å²) < 4.78 is 26.9. The minimum Gasteiger partial charge on any atom is -0.290 e. The number of rotatable bonds is 7. The van der Waals surface area contributed by atoms with Crippen molar-refractivity contribution in [3.8, 4) is 0 Å². The molecule has 1 aliphatic heterocycles. The van der Waals surface area contributed by atoms with Crippen LogP contribution in [0.25, 0.3) is 0 Å². The third-order valence-corrected chi connectivity index (χ3v) is 4.81. The van der Waals surface area contributed by atoms with Crippen molar-refractivity contribution in [1.82, 2.24) is 29.6 Å². The maximum atomic E-state index is 11.2. The van der Waals surface area contributed by atoms with Crippen LogP contribution in [0.5, 0.6) is 0 Å². The van der Waals surface area contributed by atoms with Gasteiger partial charge in [0.15, 0.2) is 0 Å². The summed E-state index contributed by atoms with van der Waals surface area (Å²) in [4.78, 5) is 2.34. The molecule has 0 saturated heterocycles. The van der Waals surface area contributed by atoms with Crippen molar-refractivity contribution >= 4 is 10.0 Å². The number of H-pyrrole nitrogens is 1. The van der Waals surface area contributed by atoms with Gasteiger partial charge >= 0.3 is 0 Å². The fourth-order valence-corrected chi connectivity index (χ4v) is 3.47. The molecule has 8 nitrogen and oxygen atoms in total. The molecule has 0 amide bonds. The van der Waals surface area contributed by atoms with Gasteiger partial charge in [0.05, 0.1) is 36.4 Å². The number of hydrogen-bond acceptors (Lipinski definition) is 5. The normalized spacial score (nSPS) is 15.7. The van der Waals surface area contributed by atoms with Crippen molar-refractivity contribution in [3.63, 3.8) is 0 Å². The summed E-state index contributed by atoms with van der Waals surface area (Å²) >= 11 is 0. The molecule has 0 spiro atoms. The number of hydrogen-bond donors (Lipinski definition) is 2. The highest BCUT2D eigenvalue weighted by Gasteiger charge is 2.19. The second-order valence-electron chi connectivity index (χ2n) is 7.14. The average molecular weight is 366 g/mol. The van der Waals surface area contributed by atoms with Crippen molar-refractivity contribution in [2.45, 2.75) is 46.4 Å². The zero-order valence-electron chi connectivity index (χ0n) is 15.0. The highest BCUT2D eigenvalue weighted by molar-refractivity contribution is 7.88. The third kappa shape index (κ3) is 5.13. The number of aromatic amines is 1. The maximum Gasteiger partial charge on any atom is 0.209 e. The van der Waals surface area contributed by atoms with E-state index in [1.54, 1.807) is 0 Å². The smallest absolute Gasteiger partial charge is 0.209 e. The van der Waals surface area contributed by atoms with E-state index in [-0.39, 0.29) is 6.54 Å². The lowest BCUT2D eigenvalue weighted by Gasteiger charge is -2.26. The summed E-state index contributed by atoms with van der Waals surface area (Å²) in [6.45, 7) is 7.95. The average Bonchev–Trinajstić information content (AvgIpc) is 3.10. The quantitative estimate of drug-likeness (QED) is 0.758. The minimum absolute atomic E-state index is 0.234. The number of nitrogens with one attached hydrogen (secondary N) is 2. The Balaban J connectivity index is 1.59. The van der Waals surface area contributed by atoms with E-state index in [2.05, 4.69) is 44.8 Å². The van der Waals surface area contributed by atoms with Crippen molar-refractivity contribution in [1.29, 1.82) is 0 Å². The Hall–Kier alpha value is -1.71. The molecule has 3 rings (SSSR count). The van der Waals surface area contributed by atoms with Crippen LogP contribution in [0.15, 0.2) is 12.1 Å². The van der Waals surface area contributed by atoms with Gasteiger partial charge in [-0.1, -0.05) is 13.8 Å². The fraction of sp³-hybridized carbons (Fsp3) is 0.625. The largest absolute Gasteiger partial charge is 0.290 e. The molecule has 0 fully saturated rings. The fourth-order valence-electron chi connectivity index (χ4n) is 3.06. The molecule has 0 aliphatic carbocycles. The molecular formula is C16H26N6O2S. The van der Waals surface area contributed by atoms with Crippen LogP contribution in [-0.4, -0.2) is 46.1 Å². The van der Waals surface area contributed by atoms with Crippen LogP contribution in [0.3, 0.4) is 0 Å². The van der Waals surface area contributed by atoms with Gasteiger partial charge in [-0.05, 0) is 24.5 Å². The van der Waals surface area contributed by atoms with Crippen LogP contribution in [0.2, 0.25) is 0 Å². The van der Waals surface area contributed by atoms with E-state index in [4.69, 9.17) is 0 Å². The van der Waals surface area contributed by atoms with Crippen LogP contribution in [-0.2, 0) is 42.6 Å². The Bertz CT molecular complexity index is 824. The molecule has 0 bridgehead atoms. The number of nitrogens with zero attached hydrogens (tertiary/aromatic N) is 4. The van der Waals surface area contributed by atoms with Crippen LogP contribution < -0.4 is 4.72 Å². The van der Waals surface area contributed by atoms with Gasteiger partial charge in [0, 0.05) is 25.3 Å². The first-order valence-corrected chi connectivity index (χ1v) is 10.4. The summed E-state index contributed by atoms with van der Waals surface area (Å²) in [7, 11) is -3.20. The molecule has 2 aromatic rings. The molecule has 9 heteroatoms. The monoisotopic (exact) mass is 366 g/mol. The molecule has 138 valence electrons. The Labute approximate surface area is 148 Å². The molecule has 2 aromatic heterocycles. The molecule has 1 aliphatic rings. The Morgan fingerprint density at radius 2 is 2.08 bits per heavy atom. The first-order chi connectivity index (χ1) is 11.8. The standard InChI is InChI=1S/C16H26N6O2S/c1-12(2)6-13-7-15(19-18-13)10-21-4-5-22-16(11-21)8-14(20-22)9-17-25(3,23)24/h7-8,12,17H,4-6,9-11H2,1-3H3,(H,18,19). The molecule has 0 unspecified atom stereocenters. The van der Waals surface area contributed by atoms with Crippen molar-refractivity contribution in [2.24, 2.45) is 5.92 Å². The van der Waals surface area contributed by atoms with Crippen LogP contribution in [0.1, 0.15) is 36.6 Å². The summed E-state index contributed by atoms with van der Waals surface area (Å²) in [6, 6.07) is 4.12. The SMILES string of the molecule is CC(C)Cc1cc(CN2CCn3nc(CNS(C)(=O)=O)cc3C2)[nH]n1. The summed E-state index contributed by atoms with van der Waals surface area (Å²) in [5, 5.41) is 12.0. The van der Waals surface area contributed by atoms with E-state index < -0.39 is 10.0 Å². The third-order valence-electron chi connectivity index (χ3n) is 4.14. The van der Waals surface area contributed by atoms with Gasteiger partial charge in [-0.2, -0.15) is 10.2 Å². The van der Waals surface area contributed by atoms with Gasteiger partial charge in [0.2, 0.25) is 10.0 Å². The second kappa shape index (κ2) is 7.27. The summed E-state index contributed by atoms with van der Waals surface area (Å²) in [5.41, 5.74) is 4.10. The van der Waals surface area contributed by atoms with Crippen LogP contribution >= 0.6 is 0 Å². The molecule has 0 atom stereocenters. The van der Waals surface area contributed by atoms with Gasteiger partial charge < -0.3 is 0 Å². The topological polar surface area (TPSA) is 95.9 Å². The summed E-state index contributed by atoms with van der Waals surface area (Å²) in [6.07, 6.45) is 2.14. The van der Waals surface area contributed by atoms with Crippen molar-refractivity contribution < 1.29 is 8.42 Å². The Morgan fingerprint density at radius 1 is 1.28 bits per heavy atom. The van der Waals surface area contributed by atoms with E-state index in [0.717, 1.165) is 61.6 Å². The van der Waals surface area contributed by atoms with Crippen molar-refractivity contribution in [2.75, 3.05) is 12.8 Å². The molecule has 25 heavy (non-hydrogen) atoms. The van der Waals surface area contributed by atoms with Crippen LogP contribution in [0, 0.1) is 5.92 Å². The zero-order valence-corrected chi connectivity index (χ0v) is 15.8. The molecule has 0 saturated carbocycles. The maximum absolute atomic E-state index is 11.2. The Morgan fingerprint density at radius 3 is 2.80 bits per heavy atom. The van der Waals surface area contributed by atoms with E-state index in [1.807, 2.05) is 10.7 Å². The molecule has 0 radical (unpaired) electrons. The van der Waals surface area contributed by atoms with Crippen molar-refractivity contribution in [3.05, 3.63) is 34.9 Å². The lowest BCUT2D eigenvalue weighted by molar-refractivity contribution is 0.203. The number of fused-ring (bicyclic) bond motifs is 1. The molecule has 3 heterocycles. The number of sulfonamides is 1. The minimum atomic E-state index is -3.20. The van der Waals surface area contributed by atoms with Gasteiger partial charge in [-0.25, -0.2) is 13.1 Å². The molecule has 0 aromatic carbocycles. The van der Waals surface area contributed by atoms with Gasteiger partial charge in [-0.15, -0.1) is 0 Å². The van der Waals surface area contributed by atoms with Gasteiger partial charge in [0.25, 0.3) is 0 Å². The van der Waals surface area contributed by atoms with Gasteiger partial charge in [0.1, 0.15) is 0 Å². The lowest BCUT2D eigenvalue weighted by atomic mass is 10.1. The number of aromatic nitrogens is 4. The van der Waals surface area contributed by atoms with Crippen LogP contribution in [0.4, 0.5) is 0 Å². The lowest BCUT2D eigenvalue weighted by Crippen LogP contribution is -2.33. The predicted octanol–water partition coefficient (Wildman–Crippen LogP) is 0.870. The van der Waals surface area contributed by atoms with Gasteiger partial charge in [-0.3, -0.25) is 14.7 Å². The van der Waals surface area contributed by atoms with E-state index in [9.17, 15) is 8.42 Å². The highest BCUT2D eigenvalue weighted by atomic mass is 32.2. The van der Waals surface area contributed by atoms with E-state index in [0.29, 0.717) is 5.92 Å². The molecular weight excluding hydrogens is 340 g/mol. The first-order valence-electron chi connectivity index (χ1n) is 8.54. The zero-order chi connectivity index (χ0) is 18.0. The Kier molecular flexibility index (Phi) is 5.26. The second-order valence-corrected chi connectivity index (χ2v) is 8.97.